The normalized spacial score (nSPS) is 12.1. The van der Waals surface area contributed by atoms with Gasteiger partial charge in [0.15, 0.2) is 0 Å². The van der Waals surface area contributed by atoms with Gasteiger partial charge in [0, 0.05) is 5.70 Å². The Morgan fingerprint density at radius 1 is 1.30 bits per heavy atom. The molecule has 0 aromatic rings. The average Bonchev–Trinajstić information content (AvgIpc) is 1.84. The van der Waals surface area contributed by atoms with Gasteiger partial charge >= 0.3 is 0 Å². The van der Waals surface area contributed by atoms with Crippen molar-refractivity contribution < 1.29 is 0 Å². The minimum atomic E-state index is 0.000000000000000222. The van der Waals surface area contributed by atoms with E-state index in [9.17, 15) is 0 Å². The van der Waals surface area contributed by atoms with Crippen molar-refractivity contribution in [1.82, 2.24) is 0 Å². The number of nitrogens with two attached hydrogens (primary N) is 3. The van der Waals surface area contributed by atoms with Crippen molar-refractivity contribution in [3.8, 4) is 0 Å². The first-order valence-corrected chi connectivity index (χ1v) is 2.72. The predicted molar refractivity (Wildman–Crippen MR) is 42.1 cm³/mol. The van der Waals surface area contributed by atoms with Crippen molar-refractivity contribution in [2.45, 2.75) is 6.92 Å². The molecule has 0 aliphatic rings. The summed E-state index contributed by atoms with van der Waals surface area (Å²) in [7, 11) is 0. The summed E-state index contributed by atoms with van der Waals surface area (Å²) in [5.74, 6) is 0. The molecule has 0 saturated carbocycles. The molecule has 7 N–H and O–H groups in total. The van der Waals surface area contributed by atoms with Crippen LogP contribution in [0, 0.1) is 5.41 Å². The Morgan fingerprint density at radius 3 is 1.80 bits per heavy atom. The molecule has 4 heteroatoms. The molecule has 0 heterocycles. The zero-order chi connectivity index (χ0) is 8.31. The molecule has 0 bridgehead atoms. The van der Waals surface area contributed by atoms with Gasteiger partial charge in [-0.2, -0.15) is 0 Å². The summed E-state index contributed by atoms with van der Waals surface area (Å²) in [6, 6.07) is 0. The minimum absolute atomic E-state index is 0.000000000000000222. The lowest BCUT2D eigenvalue weighted by molar-refractivity contribution is 1.21. The Bertz CT molecular complexity index is 198. The maximum absolute atomic E-state index is 7.19. The summed E-state index contributed by atoms with van der Waals surface area (Å²) in [6.07, 6.45) is 0. The molecule has 0 atom stereocenters. The molecule has 0 aliphatic heterocycles. The van der Waals surface area contributed by atoms with Crippen molar-refractivity contribution in [3.05, 3.63) is 23.7 Å². The van der Waals surface area contributed by atoms with Crippen LogP contribution in [0.4, 0.5) is 0 Å². The molecule has 10 heavy (non-hydrogen) atoms. The van der Waals surface area contributed by atoms with Crippen molar-refractivity contribution in [1.29, 1.82) is 5.41 Å². The van der Waals surface area contributed by atoms with Crippen molar-refractivity contribution in [3.63, 3.8) is 0 Å². The van der Waals surface area contributed by atoms with Gasteiger partial charge in [0.1, 0.15) is 5.71 Å². The molecular weight excluding hydrogens is 128 g/mol. The highest BCUT2D eigenvalue weighted by molar-refractivity contribution is 6.08. The maximum atomic E-state index is 7.19. The van der Waals surface area contributed by atoms with E-state index in [-0.39, 0.29) is 17.1 Å². The number of nitrogens with one attached hydrogen (secondary N) is 1. The Labute approximate surface area is 59.9 Å². The van der Waals surface area contributed by atoms with Crippen LogP contribution in [0.2, 0.25) is 0 Å². The van der Waals surface area contributed by atoms with E-state index in [0.29, 0.717) is 5.70 Å². The fourth-order valence-electron chi connectivity index (χ4n) is 0.370. The fourth-order valence-corrected chi connectivity index (χ4v) is 0.370. The lowest BCUT2D eigenvalue weighted by Gasteiger charge is -2.03. The third kappa shape index (κ3) is 1.81. The number of rotatable bonds is 2. The molecule has 0 fully saturated rings. The first kappa shape index (κ1) is 8.55. The Kier molecular flexibility index (Phi) is 2.49. The van der Waals surface area contributed by atoms with Crippen LogP contribution in [0.15, 0.2) is 23.7 Å². The summed E-state index contributed by atoms with van der Waals surface area (Å²) < 4.78 is 0. The van der Waals surface area contributed by atoms with Gasteiger partial charge in [-0.25, -0.2) is 0 Å². The molecule has 0 amide bonds. The maximum Gasteiger partial charge on any atom is 0.101 e. The predicted octanol–water partition coefficient (Wildman–Crippen LogP) is -0.373. The highest BCUT2D eigenvalue weighted by Crippen LogP contribution is 1.95. The van der Waals surface area contributed by atoms with E-state index in [0.717, 1.165) is 0 Å². The second kappa shape index (κ2) is 2.91. The molecule has 0 aliphatic carbocycles. The smallest absolute Gasteiger partial charge is 0.101 e. The fraction of sp³-hybridized carbons (Fsp3) is 0.167. The molecule has 0 aromatic heterocycles. The molecule has 0 rings (SSSR count). The molecule has 0 spiro atoms. The number of hydrogen-bond acceptors (Lipinski definition) is 4. The third-order valence-corrected chi connectivity index (χ3v) is 1.02. The monoisotopic (exact) mass is 140 g/mol. The highest BCUT2D eigenvalue weighted by atomic mass is 14.7. The topological polar surface area (TPSA) is 102 Å². The lowest BCUT2D eigenvalue weighted by Crippen LogP contribution is -2.20. The van der Waals surface area contributed by atoms with Gasteiger partial charge in [0.25, 0.3) is 0 Å². The zero-order valence-electron chi connectivity index (χ0n) is 5.94. The summed E-state index contributed by atoms with van der Waals surface area (Å²) in [4.78, 5) is 0. The van der Waals surface area contributed by atoms with E-state index in [1.54, 1.807) is 6.92 Å². The SMILES string of the molecule is C=C(N)C(=N)/C(N)=C(\C)N. The molecule has 0 radical (unpaired) electrons. The van der Waals surface area contributed by atoms with Crippen LogP contribution in [0.1, 0.15) is 6.92 Å². The zero-order valence-corrected chi connectivity index (χ0v) is 5.94. The quantitative estimate of drug-likeness (QED) is 0.393. The standard InChI is InChI=1S/C6H12N4/c1-3(7)5(9)6(10)4(2)8/h9H,1,7-8,10H2,2H3/b6-4-,9-5?. The highest BCUT2D eigenvalue weighted by Gasteiger charge is 2.02. The van der Waals surface area contributed by atoms with Crippen LogP contribution in [-0.4, -0.2) is 5.71 Å². The summed E-state index contributed by atoms with van der Waals surface area (Å²) in [6.45, 7) is 4.95. The second-order valence-corrected chi connectivity index (χ2v) is 2.00. The van der Waals surface area contributed by atoms with E-state index < -0.39 is 0 Å². The van der Waals surface area contributed by atoms with Crippen molar-refractivity contribution in [2.75, 3.05) is 0 Å². The molecule has 0 saturated heterocycles. The van der Waals surface area contributed by atoms with Gasteiger partial charge in [0.2, 0.25) is 0 Å². The van der Waals surface area contributed by atoms with Crippen molar-refractivity contribution in [2.24, 2.45) is 17.2 Å². The third-order valence-electron chi connectivity index (χ3n) is 1.02. The Balaban J connectivity index is 4.54. The van der Waals surface area contributed by atoms with Gasteiger partial charge in [-0.05, 0) is 6.92 Å². The van der Waals surface area contributed by atoms with Crippen LogP contribution in [0.5, 0.6) is 0 Å². The van der Waals surface area contributed by atoms with E-state index in [2.05, 4.69) is 6.58 Å². The summed E-state index contributed by atoms with van der Waals surface area (Å²) in [5, 5.41) is 7.19. The van der Waals surface area contributed by atoms with Crippen LogP contribution in [0.25, 0.3) is 0 Å². The first-order valence-electron chi connectivity index (χ1n) is 2.72. The van der Waals surface area contributed by atoms with E-state index in [1.165, 1.54) is 0 Å². The Morgan fingerprint density at radius 2 is 1.70 bits per heavy atom. The molecule has 4 nitrogen and oxygen atoms in total. The van der Waals surface area contributed by atoms with E-state index >= 15 is 0 Å². The largest absolute Gasteiger partial charge is 0.401 e. The Hall–Kier alpha value is -1.45. The van der Waals surface area contributed by atoms with Gasteiger partial charge in [-0.3, -0.25) is 5.41 Å². The minimum Gasteiger partial charge on any atom is -0.401 e. The molecule has 56 valence electrons. The molecular formula is C6H12N4. The van der Waals surface area contributed by atoms with E-state index in [4.69, 9.17) is 22.6 Å². The van der Waals surface area contributed by atoms with Gasteiger partial charge < -0.3 is 17.2 Å². The van der Waals surface area contributed by atoms with Gasteiger partial charge in [0.05, 0.1) is 11.4 Å². The number of hydrogen-bond donors (Lipinski definition) is 4. The first-order chi connectivity index (χ1) is 4.46. The lowest BCUT2D eigenvalue weighted by atomic mass is 10.2. The summed E-state index contributed by atoms with van der Waals surface area (Å²) >= 11 is 0. The van der Waals surface area contributed by atoms with Crippen LogP contribution in [0.3, 0.4) is 0 Å². The second-order valence-electron chi connectivity index (χ2n) is 2.00. The van der Waals surface area contributed by atoms with Crippen LogP contribution in [-0.2, 0) is 0 Å². The summed E-state index contributed by atoms with van der Waals surface area (Å²) in [5.41, 5.74) is 16.5. The average molecular weight is 140 g/mol. The molecule has 0 aromatic carbocycles. The van der Waals surface area contributed by atoms with Gasteiger partial charge in [-0.1, -0.05) is 6.58 Å². The molecule has 0 unspecified atom stereocenters. The van der Waals surface area contributed by atoms with Crippen molar-refractivity contribution >= 4 is 5.71 Å². The van der Waals surface area contributed by atoms with Crippen LogP contribution < -0.4 is 17.2 Å². The van der Waals surface area contributed by atoms with E-state index in [1.807, 2.05) is 0 Å². The van der Waals surface area contributed by atoms with Gasteiger partial charge in [-0.15, -0.1) is 0 Å². The number of allylic oxidation sites excluding steroid dienone is 1. The van der Waals surface area contributed by atoms with Crippen LogP contribution >= 0.6 is 0 Å².